The summed E-state index contributed by atoms with van der Waals surface area (Å²) >= 11 is 0. The summed E-state index contributed by atoms with van der Waals surface area (Å²) in [5.41, 5.74) is 2.79. The molecule has 1 unspecified atom stereocenters. The second-order valence-corrected chi connectivity index (χ2v) is 5.47. The first-order valence-electron chi connectivity index (χ1n) is 7.35. The topological polar surface area (TPSA) is 55.6 Å². The van der Waals surface area contributed by atoms with Crippen LogP contribution in [-0.4, -0.2) is 32.6 Å². The van der Waals surface area contributed by atoms with Gasteiger partial charge in [0.15, 0.2) is 11.5 Å². The first-order chi connectivity index (χ1) is 10.4. The lowest BCUT2D eigenvalue weighted by atomic mass is 10.1. The molecule has 3 aromatic rings. The standard InChI is InChI=1S/C16H17N5/c1-2-7-18-13(4-1)16-20-14-5-3-8-19-15(14)21(16)11-12-6-9-17-10-12/h1-5,7-8,12,17H,6,9-11H2. The summed E-state index contributed by atoms with van der Waals surface area (Å²) in [6.45, 7) is 3.10. The zero-order chi connectivity index (χ0) is 14.1. The van der Waals surface area contributed by atoms with Gasteiger partial charge in [-0.1, -0.05) is 6.07 Å². The number of hydrogen-bond acceptors (Lipinski definition) is 4. The molecule has 0 bridgehead atoms. The van der Waals surface area contributed by atoms with Gasteiger partial charge in [-0.25, -0.2) is 9.97 Å². The molecule has 0 spiro atoms. The van der Waals surface area contributed by atoms with Crippen molar-refractivity contribution in [3.8, 4) is 11.5 Å². The number of imidazole rings is 1. The van der Waals surface area contributed by atoms with Crippen molar-refractivity contribution in [2.75, 3.05) is 13.1 Å². The number of pyridine rings is 2. The normalized spacial score (nSPS) is 18.4. The molecule has 4 heterocycles. The Hall–Kier alpha value is -2.27. The Bertz CT molecular complexity index is 744. The molecule has 0 aliphatic carbocycles. The van der Waals surface area contributed by atoms with E-state index < -0.39 is 0 Å². The highest BCUT2D eigenvalue weighted by molar-refractivity contribution is 5.76. The number of fused-ring (bicyclic) bond motifs is 1. The fraction of sp³-hybridized carbons (Fsp3) is 0.312. The average Bonchev–Trinajstić information content (AvgIpc) is 3.17. The molecule has 4 rings (SSSR count). The van der Waals surface area contributed by atoms with Gasteiger partial charge in [-0.2, -0.15) is 0 Å². The SMILES string of the molecule is c1ccc(-c2nc3cccnc3n2CC2CCNC2)nc1. The Morgan fingerprint density at radius 3 is 2.90 bits per heavy atom. The lowest BCUT2D eigenvalue weighted by Crippen LogP contribution is -2.15. The van der Waals surface area contributed by atoms with Gasteiger partial charge >= 0.3 is 0 Å². The van der Waals surface area contributed by atoms with Crippen LogP contribution in [0.5, 0.6) is 0 Å². The zero-order valence-electron chi connectivity index (χ0n) is 11.7. The van der Waals surface area contributed by atoms with E-state index >= 15 is 0 Å². The maximum atomic E-state index is 4.74. The molecule has 5 heteroatoms. The summed E-state index contributed by atoms with van der Waals surface area (Å²) in [6.07, 6.45) is 4.84. The molecule has 0 saturated carbocycles. The van der Waals surface area contributed by atoms with Gasteiger partial charge in [0.25, 0.3) is 0 Å². The second-order valence-electron chi connectivity index (χ2n) is 5.47. The monoisotopic (exact) mass is 279 g/mol. The minimum atomic E-state index is 0.631. The van der Waals surface area contributed by atoms with E-state index in [0.29, 0.717) is 5.92 Å². The Kier molecular flexibility index (Phi) is 3.12. The van der Waals surface area contributed by atoms with E-state index in [1.165, 1.54) is 6.42 Å². The van der Waals surface area contributed by atoms with Crippen LogP contribution in [0.15, 0.2) is 42.7 Å². The Morgan fingerprint density at radius 1 is 1.14 bits per heavy atom. The first kappa shape index (κ1) is 12.5. The summed E-state index contributed by atoms with van der Waals surface area (Å²) < 4.78 is 2.22. The Labute approximate surface area is 123 Å². The van der Waals surface area contributed by atoms with Crippen molar-refractivity contribution in [3.63, 3.8) is 0 Å². The molecule has 21 heavy (non-hydrogen) atoms. The summed E-state index contributed by atoms with van der Waals surface area (Å²) in [5.74, 6) is 1.54. The number of aromatic nitrogens is 4. The van der Waals surface area contributed by atoms with Crippen molar-refractivity contribution in [2.45, 2.75) is 13.0 Å². The van der Waals surface area contributed by atoms with E-state index in [4.69, 9.17) is 4.98 Å². The van der Waals surface area contributed by atoms with Gasteiger partial charge in [0.2, 0.25) is 0 Å². The summed E-state index contributed by atoms with van der Waals surface area (Å²) in [7, 11) is 0. The molecular weight excluding hydrogens is 262 g/mol. The van der Waals surface area contributed by atoms with Crippen molar-refractivity contribution in [1.82, 2.24) is 24.8 Å². The van der Waals surface area contributed by atoms with Crippen molar-refractivity contribution < 1.29 is 0 Å². The van der Waals surface area contributed by atoms with Crippen LogP contribution in [-0.2, 0) is 6.54 Å². The predicted octanol–water partition coefficient (Wildman–Crippen LogP) is 2.10. The average molecular weight is 279 g/mol. The quantitative estimate of drug-likeness (QED) is 0.797. The van der Waals surface area contributed by atoms with Crippen molar-refractivity contribution >= 4 is 11.2 Å². The fourth-order valence-corrected chi connectivity index (χ4v) is 2.95. The molecule has 1 atom stereocenters. The molecule has 0 amide bonds. The molecule has 5 nitrogen and oxygen atoms in total. The third-order valence-electron chi connectivity index (χ3n) is 4.00. The minimum absolute atomic E-state index is 0.631. The fourth-order valence-electron chi connectivity index (χ4n) is 2.95. The highest BCUT2D eigenvalue weighted by atomic mass is 15.1. The van der Waals surface area contributed by atoms with Crippen LogP contribution >= 0.6 is 0 Å². The molecule has 0 aromatic carbocycles. The molecule has 1 fully saturated rings. The molecule has 1 aliphatic rings. The maximum Gasteiger partial charge on any atom is 0.161 e. The number of nitrogens with zero attached hydrogens (tertiary/aromatic N) is 4. The van der Waals surface area contributed by atoms with Gasteiger partial charge < -0.3 is 9.88 Å². The molecule has 0 radical (unpaired) electrons. The van der Waals surface area contributed by atoms with Gasteiger partial charge in [0, 0.05) is 18.9 Å². The number of rotatable bonds is 3. The predicted molar refractivity (Wildman–Crippen MR) is 81.7 cm³/mol. The lowest BCUT2D eigenvalue weighted by molar-refractivity contribution is 0.490. The van der Waals surface area contributed by atoms with Gasteiger partial charge in [-0.15, -0.1) is 0 Å². The van der Waals surface area contributed by atoms with E-state index in [-0.39, 0.29) is 0 Å². The van der Waals surface area contributed by atoms with E-state index in [1.54, 1.807) is 0 Å². The molecule has 106 valence electrons. The second kappa shape index (κ2) is 5.26. The highest BCUT2D eigenvalue weighted by Crippen LogP contribution is 2.24. The highest BCUT2D eigenvalue weighted by Gasteiger charge is 2.20. The number of nitrogens with one attached hydrogen (secondary N) is 1. The van der Waals surface area contributed by atoms with Crippen LogP contribution in [0.1, 0.15) is 6.42 Å². The Morgan fingerprint density at radius 2 is 2.10 bits per heavy atom. The van der Waals surface area contributed by atoms with Crippen LogP contribution in [0.3, 0.4) is 0 Å². The van der Waals surface area contributed by atoms with Crippen molar-refractivity contribution in [2.24, 2.45) is 5.92 Å². The van der Waals surface area contributed by atoms with Crippen LogP contribution < -0.4 is 5.32 Å². The summed E-state index contributed by atoms with van der Waals surface area (Å²) in [6, 6.07) is 9.87. The van der Waals surface area contributed by atoms with E-state index in [1.807, 2.05) is 42.7 Å². The summed E-state index contributed by atoms with van der Waals surface area (Å²) in [5, 5.41) is 3.42. The van der Waals surface area contributed by atoms with Gasteiger partial charge in [0.1, 0.15) is 11.2 Å². The smallest absolute Gasteiger partial charge is 0.161 e. The van der Waals surface area contributed by atoms with E-state index in [2.05, 4.69) is 19.9 Å². The van der Waals surface area contributed by atoms with Crippen LogP contribution in [0.4, 0.5) is 0 Å². The van der Waals surface area contributed by atoms with Crippen LogP contribution in [0.2, 0.25) is 0 Å². The zero-order valence-corrected chi connectivity index (χ0v) is 11.7. The molecule has 3 aromatic heterocycles. The molecule has 1 aliphatic heterocycles. The van der Waals surface area contributed by atoms with Gasteiger partial charge in [0.05, 0.1) is 0 Å². The van der Waals surface area contributed by atoms with Crippen molar-refractivity contribution in [1.29, 1.82) is 0 Å². The first-order valence-corrected chi connectivity index (χ1v) is 7.35. The minimum Gasteiger partial charge on any atom is -0.316 e. The lowest BCUT2D eigenvalue weighted by Gasteiger charge is -2.12. The number of hydrogen-bond donors (Lipinski definition) is 1. The molecule has 1 saturated heterocycles. The van der Waals surface area contributed by atoms with E-state index in [0.717, 1.165) is 42.3 Å². The molecular formula is C16H17N5. The van der Waals surface area contributed by atoms with Gasteiger partial charge in [-0.3, -0.25) is 4.98 Å². The maximum absolute atomic E-state index is 4.74. The third-order valence-corrected chi connectivity index (χ3v) is 4.00. The van der Waals surface area contributed by atoms with Crippen LogP contribution in [0.25, 0.3) is 22.7 Å². The largest absolute Gasteiger partial charge is 0.316 e. The van der Waals surface area contributed by atoms with E-state index in [9.17, 15) is 0 Å². The van der Waals surface area contributed by atoms with Crippen molar-refractivity contribution in [3.05, 3.63) is 42.7 Å². The molecule has 1 N–H and O–H groups in total. The Balaban J connectivity index is 1.84. The van der Waals surface area contributed by atoms with Gasteiger partial charge in [-0.05, 0) is 49.7 Å². The van der Waals surface area contributed by atoms with Crippen LogP contribution in [0, 0.1) is 5.92 Å². The third kappa shape index (κ3) is 2.29. The summed E-state index contributed by atoms with van der Waals surface area (Å²) in [4.78, 5) is 13.7.